The Hall–Kier alpha value is -1.40. The van der Waals surface area contributed by atoms with Gasteiger partial charge in [0.15, 0.2) is 0 Å². The zero-order valence-electron chi connectivity index (χ0n) is 13.9. The molecule has 9 heteroatoms. The molecule has 0 heterocycles. The van der Waals surface area contributed by atoms with Crippen LogP contribution in [0.1, 0.15) is 11.1 Å². The van der Waals surface area contributed by atoms with Crippen molar-refractivity contribution in [2.45, 2.75) is 6.42 Å². The molecule has 0 aliphatic heterocycles. The molecular weight excluding hydrogens is 458 g/mol. The molecule has 1 N–H and O–H groups in total. The van der Waals surface area contributed by atoms with Crippen LogP contribution in [0.2, 0.25) is 0 Å². The van der Waals surface area contributed by atoms with Crippen LogP contribution in [-0.4, -0.2) is 40.7 Å². The van der Waals surface area contributed by atoms with E-state index in [9.17, 15) is 16.9 Å². The summed E-state index contributed by atoms with van der Waals surface area (Å²) in [6.07, 6.45) is 0.964. The van der Waals surface area contributed by atoms with Crippen LogP contribution in [0.15, 0.2) is 48.5 Å². The van der Waals surface area contributed by atoms with E-state index in [2.05, 4.69) is 50.5 Å². The molecule has 142 valence electrons. The third kappa shape index (κ3) is 10.9. The standard InChI is InChI=1S/C16H19NO.6FH.Sb/c1-17(2)16-7-5-4-6-14(16)12-13-8-10-15(18-3)11-9-13;;;;;;;/h4-11H,12H2,1-3H3;6*1H;/q;;;;;;;+5/p-5. The molecule has 0 aliphatic rings. The molecule has 2 rings (SSSR count). The van der Waals surface area contributed by atoms with Crippen LogP contribution in [-0.2, 0) is 6.42 Å². The molecule has 0 fully saturated rings. The molecular formula is C16H20F6NOSb. The van der Waals surface area contributed by atoms with Gasteiger partial charge in [-0.1, -0.05) is 30.3 Å². The molecule has 0 saturated heterocycles. The number of hydrogen-bond acceptors (Lipinski definition) is 1. The second-order valence-corrected chi connectivity index (χ2v) is 11.1. The first kappa shape index (κ1) is 21.6. The van der Waals surface area contributed by atoms with Gasteiger partial charge in [-0.25, -0.2) is 0 Å². The zero-order valence-corrected chi connectivity index (χ0v) is 16.5. The van der Waals surface area contributed by atoms with Crippen molar-refractivity contribution in [1.29, 1.82) is 0 Å². The van der Waals surface area contributed by atoms with E-state index in [4.69, 9.17) is 4.74 Å². The van der Waals surface area contributed by atoms with Crippen molar-refractivity contribution in [1.82, 2.24) is 0 Å². The van der Waals surface area contributed by atoms with Gasteiger partial charge >= 0.3 is 36.4 Å². The average Bonchev–Trinajstić information content (AvgIpc) is 2.45. The normalized spacial score (nSPS) is 14.2. The summed E-state index contributed by atoms with van der Waals surface area (Å²) in [5, 5.41) is 0. The van der Waals surface area contributed by atoms with Crippen LogP contribution in [0.4, 0.5) is 22.6 Å². The van der Waals surface area contributed by atoms with E-state index in [1.54, 1.807) is 7.11 Å². The Bertz CT molecular complexity index is 687. The minimum atomic E-state index is -11.2. The van der Waals surface area contributed by atoms with E-state index in [1.807, 2.05) is 12.1 Å². The molecule has 0 atom stereocenters. The van der Waals surface area contributed by atoms with Crippen molar-refractivity contribution >= 4 is 25.2 Å². The predicted molar refractivity (Wildman–Crippen MR) is 87.1 cm³/mol. The van der Waals surface area contributed by atoms with E-state index in [-0.39, 0.29) is 0 Å². The van der Waals surface area contributed by atoms with Crippen molar-refractivity contribution < 1.29 is 26.5 Å². The van der Waals surface area contributed by atoms with Crippen LogP contribution < -0.4 is 9.64 Å². The van der Waals surface area contributed by atoms with Gasteiger partial charge in [0.1, 0.15) is 11.4 Å². The molecule has 0 saturated carbocycles. The number of methoxy groups -OCH3 is 1. The molecule has 0 radical (unpaired) electrons. The van der Waals surface area contributed by atoms with E-state index in [1.165, 1.54) is 21.7 Å². The van der Waals surface area contributed by atoms with Gasteiger partial charge in [-0.3, -0.25) is 0 Å². The molecule has 0 unspecified atom stereocenters. The Morgan fingerprint density at radius 2 is 1.32 bits per heavy atom. The Labute approximate surface area is 144 Å². The van der Waals surface area contributed by atoms with E-state index >= 15 is 0 Å². The summed E-state index contributed by atoms with van der Waals surface area (Å²) in [4.78, 5) is 1.36. The SMILES string of the molecule is COc1ccc(Cc2ccccc2[NH+](C)C)cc1.[F][Sb-]([F])([F])([F])([F])[F]. The average molecular weight is 478 g/mol. The Balaban J connectivity index is 0.000000381. The number of rotatable bonds is 4. The van der Waals surface area contributed by atoms with Crippen LogP contribution >= 0.6 is 0 Å². The first-order chi connectivity index (χ1) is 11.2. The zero-order chi connectivity index (χ0) is 19.4. The summed E-state index contributed by atoms with van der Waals surface area (Å²) in [5.41, 5.74) is 4.04. The molecule has 25 heavy (non-hydrogen) atoms. The van der Waals surface area contributed by atoms with Crippen molar-refractivity contribution in [2.75, 3.05) is 21.2 Å². The minimum absolute atomic E-state index is 0.908. The van der Waals surface area contributed by atoms with Gasteiger partial charge in [-0.05, 0) is 23.8 Å². The monoisotopic (exact) mass is 477 g/mol. The number of hydrogen-bond donors (Lipinski definition) is 1. The number of nitrogens with one attached hydrogen (secondary N) is 1. The summed E-state index contributed by atoms with van der Waals surface area (Å²) in [6, 6.07) is 16.9. The molecule has 0 aromatic heterocycles. The van der Waals surface area contributed by atoms with Gasteiger partial charge in [0.25, 0.3) is 0 Å². The molecule has 2 aromatic rings. The van der Waals surface area contributed by atoms with Gasteiger partial charge in [0.05, 0.1) is 21.2 Å². The van der Waals surface area contributed by atoms with Crippen molar-refractivity contribution in [3.05, 3.63) is 59.7 Å². The summed E-state index contributed by atoms with van der Waals surface area (Å²) in [6.45, 7) is 0. The fourth-order valence-corrected chi connectivity index (χ4v) is 2.13. The van der Waals surface area contributed by atoms with Crippen molar-refractivity contribution in [3.63, 3.8) is 0 Å². The maximum atomic E-state index is 9.93. The Morgan fingerprint density at radius 1 is 0.840 bits per heavy atom. The molecule has 2 nitrogen and oxygen atoms in total. The second-order valence-electron chi connectivity index (χ2n) is 5.64. The molecule has 2 aromatic carbocycles. The number of ether oxygens (including phenoxy) is 1. The molecule has 0 amide bonds. The Morgan fingerprint density at radius 3 is 1.76 bits per heavy atom. The summed E-state index contributed by atoms with van der Waals surface area (Å²) < 4.78 is 64.7. The van der Waals surface area contributed by atoms with Crippen LogP contribution in [0.25, 0.3) is 0 Å². The first-order valence-corrected chi connectivity index (χ1v) is 13.0. The van der Waals surface area contributed by atoms with Gasteiger partial charge in [-0.2, -0.15) is 0 Å². The van der Waals surface area contributed by atoms with E-state index in [0.717, 1.165) is 12.2 Å². The molecule has 0 spiro atoms. The van der Waals surface area contributed by atoms with Crippen molar-refractivity contribution in [2.24, 2.45) is 0 Å². The molecule has 0 bridgehead atoms. The summed E-state index contributed by atoms with van der Waals surface area (Å²) >= 11 is -11.2. The van der Waals surface area contributed by atoms with Crippen LogP contribution in [0, 0.1) is 0 Å². The number of benzene rings is 2. The van der Waals surface area contributed by atoms with Crippen molar-refractivity contribution in [3.8, 4) is 5.75 Å². The van der Waals surface area contributed by atoms with Crippen LogP contribution in [0.3, 0.4) is 0 Å². The van der Waals surface area contributed by atoms with E-state index in [0.29, 0.717) is 0 Å². The topological polar surface area (TPSA) is 13.7 Å². The quantitative estimate of drug-likeness (QED) is 0.514. The number of halogens is 6. The number of para-hydroxylation sites is 1. The Kier molecular flexibility index (Phi) is 6.12. The molecule has 0 aliphatic carbocycles. The first-order valence-electron chi connectivity index (χ1n) is 7.23. The second kappa shape index (κ2) is 7.08. The fourth-order valence-electron chi connectivity index (χ4n) is 2.13. The number of quaternary nitrogens is 1. The van der Waals surface area contributed by atoms with Gasteiger partial charge in [-0.15, -0.1) is 0 Å². The maximum absolute atomic E-state index is 11.2. The summed E-state index contributed by atoms with van der Waals surface area (Å²) in [7, 11) is 6.01. The van der Waals surface area contributed by atoms with E-state index < -0.39 is 19.5 Å². The van der Waals surface area contributed by atoms with Gasteiger partial charge < -0.3 is 9.64 Å². The van der Waals surface area contributed by atoms with Gasteiger partial charge in [0.2, 0.25) is 0 Å². The third-order valence-corrected chi connectivity index (χ3v) is 3.11. The fraction of sp³-hybridized carbons (Fsp3) is 0.250. The third-order valence-electron chi connectivity index (χ3n) is 3.11. The summed E-state index contributed by atoms with van der Waals surface area (Å²) in [5.74, 6) is 0.908. The van der Waals surface area contributed by atoms with Crippen LogP contribution in [0.5, 0.6) is 5.75 Å². The predicted octanol–water partition coefficient (Wildman–Crippen LogP) is 4.20. The van der Waals surface area contributed by atoms with Gasteiger partial charge in [0, 0.05) is 12.0 Å².